The molecule has 0 aliphatic carbocycles. The second-order valence-corrected chi connectivity index (χ2v) is 5.47. The zero-order valence-corrected chi connectivity index (χ0v) is 13.5. The summed E-state index contributed by atoms with van der Waals surface area (Å²) in [5.41, 5.74) is 1.48. The maximum absolute atomic E-state index is 10.00. The van der Waals surface area contributed by atoms with Gasteiger partial charge in [0, 0.05) is 0 Å². The highest BCUT2D eigenvalue weighted by Crippen LogP contribution is 2.25. The smallest absolute Gasteiger partial charge is 0.119 e. The molecule has 7 nitrogen and oxygen atoms in total. The molecule has 0 spiro atoms. The van der Waals surface area contributed by atoms with Gasteiger partial charge in [-0.1, -0.05) is 36.4 Å². The Kier molecular flexibility index (Phi) is 7.05. The fourth-order valence-corrected chi connectivity index (χ4v) is 2.18. The molecule has 134 valence electrons. The third kappa shape index (κ3) is 5.09. The fraction of sp³-hybridized carbons (Fsp3) is 0.278. The van der Waals surface area contributed by atoms with Crippen LogP contribution in [0.15, 0.2) is 65.8 Å². The van der Waals surface area contributed by atoms with Crippen molar-refractivity contribution in [3.05, 3.63) is 60.7 Å². The molecule has 0 saturated heterocycles. The van der Waals surface area contributed by atoms with Crippen molar-refractivity contribution in [2.75, 3.05) is 11.6 Å². The van der Waals surface area contributed by atoms with Gasteiger partial charge >= 0.3 is 0 Å². The van der Waals surface area contributed by atoms with Gasteiger partial charge in [0.05, 0.1) is 24.2 Å². The first-order chi connectivity index (χ1) is 12.0. The number of benzene rings is 2. The predicted octanol–water partition coefficient (Wildman–Crippen LogP) is 0.246. The van der Waals surface area contributed by atoms with Crippen molar-refractivity contribution in [3.8, 4) is 0 Å². The predicted molar refractivity (Wildman–Crippen MR) is 94.6 cm³/mol. The summed E-state index contributed by atoms with van der Waals surface area (Å²) in [4.78, 5) is 0. The molecule has 0 amide bonds. The molecule has 0 aliphatic heterocycles. The first-order valence-electron chi connectivity index (χ1n) is 7.82. The van der Waals surface area contributed by atoms with Gasteiger partial charge in [0.25, 0.3) is 0 Å². The molecule has 0 bridgehead atoms. The van der Waals surface area contributed by atoms with E-state index in [0.717, 1.165) is 17.6 Å². The van der Waals surface area contributed by atoms with Crippen LogP contribution in [0.3, 0.4) is 0 Å². The van der Waals surface area contributed by atoms with Gasteiger partial charge < -0.3 is 25.5 Å². The average molecular weight is 346 g/mol. The molecular weight excluding hydrogens is 324 g/mol. The van der Waals surface area contributed by atoms with Gasteiger partial charge in [-0.15, -0.1) is 0 Å². The third-order valence-corrected chi connectivity index (χ3v) is 3.62. The molecule has 5 N–H and O–H groups in total. The summed E-state index contributed by atoms with van der Waals surface area (Å²) in [6.07, 6.45) is -5.42. The molecule has 25 heavy (non-hydrogen) atoms. The van der Waals surface area contributed by atoms with Gasteiger partial charge in [-0.05, 0) is 24.3 Å². The Hall–Kier alpha value is -2.29. The lowest BCUT2D eigenvalue weighted by Crippen LogP contribution is -2.46. The van der Waals surface area contributed by atoms with Crippen molar-refractivity contribution in [2.45, 2.75) is 24.4 Å². The summed E-state index contributed by atoms with van der Waals surface area (Å²) in [6, 6.07) is 18.4. The maximum atomic E-state index is 10.00. The molecule has 0 fully saturated rings. The van der Waals surface area contributed by atoms with Crippen LogP contribution in [0, 0.1) is 0 Å². The molecule has 0 aliphatic rings. The Bertz CT molecular complexity index is 614. The van der Waals surface area contributed by atoms with E-state index in [4.69, 9.17) is 5.11 Å². The number of nitrogens with zero attached hydrogens (tertiary/aromatic N) is 2. The first kappa shape index (κ1) is 19.0. The highest BCUT2D eigenvalue weighted by Gasteiger charge is 2.29. The van der Waals surface area contributed by atoms with Crippen LogP contribution < -0.4 is 5.01 Å². The van der Waals surface area contributed by atoms with E-state index in [1.165, 1.54) is 0 Å². The number of hydrogen-bond acceptors (Lipinski definition) is 7. The quantitative estimate of drug-likeness (QED) is 0.345. The van der Waals surface area contributed by atoms with Crippen LogP contribution in [0.25, 0.3) is 0 Å². The van der Waals surface area contributed by atoms with Crippen LogP contribution in [-0.4, -0.2) is 62.8 Å². The van der Waals surface area contributed by atoms with Crippen LogP contribution >= 0.6 is 0 Å². The van der Waals surface area contributed by atoms with Crippen LogP contribution in [0.4, 0.5) is 11.4 Å². The molecule has 0 radical (unpaired) electrons. The molecule has 0 aromatic heterocycles. The van der Waals surface area contributed by atoms with Crippen molar-refractivity contribution in [1.82, 2.24) is 0 Å². The summed E-state index contributed by atoms with van der Waals surface area (Å²) < 4.78 is 0. The summed E-state index contributed by atoms with van der Waals surface area (Å²) in [5.74, 6) is 0. The molecule has 4 atom stereocenters. The number of rotatable bonds is 8. The molecule has 7 heteroatoms. The van der Waals surface area contributed by atoms with E-state index in [1.54, 1.807) is 5.01 Å². The lowest BCUT2D eigenvalue weighted by Gasteiger charge is -2.24. The largest absolute Gasteiger partial charge is 0.394 e. The lowest BCUT2D eigenvalue weighted by atomic mass is 10.0. The van der Waals surface area contributed by atoms with E-state index in [1.807, 2.05) is 60.7 Å². The zero-order valence-electron chi connectivity index (χ0n) is 13.5. The van der Waals surface area contributed by atoms with E-state index >= 15 is 0 Å². The Morgan fingerprint density at radius 2 is 1.28 bits per heavy atom. The minimum absolute atomic E-state index is 0.734. The van der Waals surface area contributed by atoms with Crippen molar-refractivity contribution in [3.63, 3.8) is 0 Å². The number of hydrazone groups is 1. The zero-order chi connectivity index (χ0) is 18.2. The second-order valence-electron chi connectivity index (χ2n) is 5.47. The first-order valence-corrected chi connectivity index (χ1v) is 7.82. The molecule has 2 aromatic carbocycles. The molecular formula is C18H22N2O5. The van der Waals surface area contributed by atoms with E-state index in [9.17, 15) is 20.4 Å². The summed E-state index contributed by atoms with van der Waals surface area (Å²) in [7, 11) is 0. The number of aliphatic hydroxyl groups excluding tert-OH is 5. The maximum Gasteiger partial charge on any atom is 0.119 e. The topological polar surface area (TPSA) is 117 Å². The van der Waals surface area contributed by atoms with Crippen LogP contribution in [0.2, 0.25) is 0 Å². The second kappa shape index (κ2) is 9.26. The fourth-order valence-electron chi connectivity index (χ4n) is 2.18. The van der Waals surface area contributed by atoms with Crippen LogP contribution in [-0.2, 0) is 0 Å². The van der Waals surface area contributed by atoms with Gasteiger partial charge in [-0.2, -0.15) is 5.10 Å². The third-order valence-electron chi connectivity index (χ3n) is 3.62. The van der Waals surface area contributed by atoms with Crippen molar-refractivity contribution < 1.29 is 25.5 Å². The van der Waals surface area contributed by atoms with Gasteiger partial charge in [0.2, 0.25) is 0 Å². The minimum atomic E-state index is -1.70. The lowest BCUT2D eigenvalue weighted by molar-refractivity contribution is -0.0999. The highest BCUT2D eigenvalue weighted by atomic mass is 16.4. The van der Waals surface area contributed by atoms with Gasteiger partial charge in [0.15, 0.2) is 0 Å². The van der Waals surface area contributed by atoms with E-state index in [-0.39, 0.29) is 0 Å². The molecule has 0 saturated carbocycles. The SMILES string of the molecule is OC[C@@H](O)[C@@H](O)[C@H](O)[C@@H](O)C=NN(c1ccccc1)c1ccccc1. The van der Waals surface area contributed by atoms with Crippen LogP contribution in [0.1, 0.15) is 0 Å². The van der Waals surface area contributed by atoms with Gasteiger partial charge in [-0.25, -0.2) is 5.01 Å². The standard InChI is InChI=1S/C18H22N2O5/c21-12-16(23)18(25)17(24)15(22)11-19-20(13-7-3-1-4-8-13)14-9-5-2-6-10-14/h1-11,15-18,21-25H,12H2/t15-,16+,17+,18+/m0/s1. The minimum Gasteiger partial charge on any atom is -0.394 e. The molecule has 0 unspecified atom stereocenters. The highest BCUT2D eigenvalue weighted by molar-refractivity contribution is 5.70. The molecule has 2 aromatic rings. The van der Waals surface area contributed by atoms with E-state index in [2.05, 4.69) is 5.10 Å². The Morgan fingerprint density at radius 1 is 0.800 bits per heavy atom. The summed E-state index contributed by atoms with van der Waals surface area (Å²) in [5, 5.41) is 53.4. The number of aliphatic hydroxyl groups is 5. The number of anilines is 2. The van der Waals surface area contributed by atoms with Crippen LogP contribution in [0.5, 0.6) is 0 Å². The Labute approximate surface area is 145 Å². The normalized spacial score (nSPS) is 16.4. The Balaban J connectivity index is 2.20. The number of hydrogen-bond donors (Lipinski definition) is 5. The van der Waals surface area contributed by atoms with Crippen molar-refractivity contribution in [2.24, 2.45) is 5.10 Å². The van der Waals surface area contributed by atoms with Crippen molar-refractivity contribution >= 4 is 17.6 Å². The Morgan fingerprint density at radius 3 is 1.72 bits per heavy atom. The average Bonchev–Trinajstić information content (AvgIpc) is 2.67. The summed E-state index contributed by atoms with van der Waals surface area (Å²) >= 11 is 0. The van der Waals surface area contributed by atoms with Gasteiger partial charge in [0.1, 0.15) is 24.4 Å². The summed E-state index contributed by atoms with van der Waals surface area (Å²) in [6.45, 7) is -0.734. The monoisotopic (exact) mass is 346 g/mol. The van der Waals surface area contributed by atoms with Crippen molar-refractivity contribution in [1.29, 1.82) is 0 Å². The molecule has 2 rings (SSSR count). The van der Waals surface area contributed by atoms with Gasteiger partial charge in [-0.3, -0.25) is 0 Å². The van der Waals surface area contributed by atoms with E-state index in [0.29, 0.717) is 0 Å². The van der Waals surface area contributed by atoms with E-state index < -0.39 is 31.0 Å². The molecule has 0 heterocycles. The number of para-hydroxylation sites is 2.